The van der Waals surface area contributed by atoms with Crippen molar-refractivity contribution in [1.29, 1.82) is 0 Å². The standard InChI is InChI=1S/C14H28N2O/c1-5-9(2)13(15)14(17)16-12-8-6-7-10(3)11(12)4/h9-13H,5-8,15H2,1-4H3,(H,16,17)/t9?,10?,11?,12?,13-/m0/s1. The Balaban J connectivity index is 2.50. The maximum atomic E-state index is 12.0. The zero-order valence-corrected chi connectivity index (χ0v) is 11.7. The third-order valence-corrected chi connectivity index (χ3v) is 4.59. The quantitative estimate of drug-likeness (QED) is 0.792. The number of hydrogen-bond donors (Lipinski definition) is 2. The van der Waals surface area contributed by atoms with Crippen molar-refractivity contribution in [2.75, 3.05) is 0 Å². The molecular formula is C14H28N2O. The summed E-state index contributed by atoms with van der Waals surface area (Å²) < 4.78 is 0. The number of hydrogen-bond acceptors (Lipinski definition) is 2. The Kier molecular flexibility index (Phi) is 5.44. The Morgan fingerprint density at radius 2 is 2.06 bits per heavy atom. The summed E-state index contributed by atoms with van der Waals surface area (Å²) >= 11 is 0. The van der Waals surface area contributed by atoms with E-state index in [0.29, 0.717) is 17.9 Å². The minimum Gasteiger partial charge on any atom is -0.352 e. The van der Waals surface area contributed by atoms with Gasteiger partial charge in [0.25, 0.3) is 0 Å². The van der Waals surface area contributed by atoms with Crippen LogP contribution in [0.5, 0.6) is 0 Å². The van der Waals surface area contributed by atoms with Crippen molar-refractivity contribution < 1.29 is 4.79 Å². The van der Waals surface area contributed by atoms with Crippen LogP contribution in [0, 0.1) is 17.8 Å². The summed E-state index contributed by atoms with van der Waals surface area (Å²) in [4.78, 5) is 12.0. The summed E-state index contributed by atoms with van der Waals surface area (Å²) in [5.74, 6) is 1.56. The summed E-state index contributed by atoms with van der Waals surface area (Å²) in [5.41, 5.74) is 5.96. The van der Waals surface area contributed by atoms with Crippen molar-refractivity contribution in [2.24, 2.45) is 23.5 Å². The van der Waals surface area contributed by atoms with Gasteiger partial charge in [0.1, 0.15) is 0 Å². The van der Waals surface area contributed by atoms with E-state index in [1.165, 1.54) is 12.8 Å². The van der Waals surface area contributed by atoms with Crippen LogP contribution in [0.3, 0.4) is 0 Å². The number of amides is 1. The van der Waals surface area contributed by atoms with Gasteiger partial charge in [0.15, 0.2) is 0 Å². The molecule has 1 saturated carbocycles. The van der Waals surface area contributed by atoms with Crippen LogP contribution in [0.25, 0.3) is 0 Å². The highest BCUT2D eigenvalue weighted by Crippen LogP contribution is 2.29. The van der Waals surface area contributed by atoms with Gasteiger partial charge in [-0.05, 0) is 24.2 Å². The van der Waals surface area contributed by atoms with Gasteiger partial charge in [-0.2, -0.15) is 0 Å². The zero-order valence-electron chi connectivity index (χ0n) is 11.7. The lowest BCUT2D eigenvalue weighted by Gasteiger charge is -2.35. The Morgan fingerprint density at radius 1 is 1.41 bits per heavy atom. The smallest absolute Gasteiger partial charge is 0.237 e. The van der Waals surface area contributed by atoms with Gasteiger partial charge in [0.05, 0.1) is 6.04 Å². The summed E-state index contributed by atoms with van der Waals surface area (Å²) in [5, 5.41) is 3.15. The number of carbonyl (C=O) groups is 1. The molecule has 5 atom stereocenters. The molecule has 0 spiro atoms. The van der Waals surface area contributed by atoms with Gasteiger partial charge in [0.2, 0.25) is 5.91 Å². The molecule has 1 fully saturated rings. The predicted octanol–water partition coefficient (Wildman–Crippen LogP) is 2.30. The maximum absolute atomic E-state index is 12.0. The molecule has 0 bridgehead atoms. The van der Waals surface area contributed by atoms with E-state index in [1.807, 2.05) is 6.92 Å². The SMILES string of the molecule is CCC(C)[C@H](N)C(=O)NC1CCCC(C)C1C. The van der Waals surface area contributed by atoms with Gasteiger partial charge in [0, 0.05) is 6.04 Å². The summed E-state index contributed by atoms with van der Waals surface area (Å²) in [6, 6.07) is -0.0363. The van der Waals surface area contributed by atoms with E-state index in [0.717, 1.165) is 12.8 Å². The third kappa shape index (κ3) is 3.70. The van der Waals surface area contributed by atoms with E-state index in [1.54, 1.807) is 0 Å². The van der Waals surface area contributed by atoms with Crippen LogP contribution in [-0.2, 0) is 4.79 Å². The van der Waals surface area contributed by atoms with Crippen molar-refractivity contribution in [3.8, 4) is 0 Å². The highest BCUT2D eigenvalue weighted by molar-refractivity contribution is 5.82. The minimum atomic E-state index is -0.357. The van der Waals surface area contributed by atoms with Crippen molar-refractivity contribution in [2.45, 2.75) is 65.5 Å². The van der Waals surface area contributed by atoms with Crippen LogP contribution in [-0.4, -0.2) is 18.0 Å². The fraction of sp³-hybridized carbons (Fsp3) is 0.929. The van der Waals surface area contributed by atoms with Gasteiger partial charge in [-0.15, -0.1) is 0 Å². The van der Waals surface area contributed by atoms with Crippen LogP contribution in [0.1, 0.15) is 53.4 Å². The summed E-state index contributed by atoms with van der Waals surface area (Å²) in [6.45, 7) is 8.63. The highest BCUT2D eigenvalue weighted by Gasteiger charge is 2.30. The molecule has 0 aromatic carbocycles. The molecule has 3 nitrogen and oxygen atoms in total. The van der Waals surface area contributed by atoms with Crippen molar-refractivity contribution in [3.63, 3.8) is 0 Å². The first-order valence-corrected chi connectivity index (χ1v) is 7.03. The van der Waals surface area contributed by atoms with E-state index in [-0.39, 0.29) is 17.9 Å². The molecule has 1 aliphatic carbocycles. The first kappa shape index (κ1) is 14.5. The average Bonchev–Trinajstić information content (AvgIpc) is 2.32. The predicted molar refractivity (Wildman–Crippen MR) is 71.5 cm³/mol. The molecule has 0 heterocycles. The van der Waals surface area contributed by atoms with Gasteiger partial charge in [-0.25, -0.2) is 0 Å². The Hall–Kier alpha value is -0.570. The lowest BCUT2D eigenvalue weighted by Crippen LogP contribution is -2.51. The Bertz CT molecular complexity index is 255. The molecule has 0 saturated heterocycles. The topological polar surface area (TPSA) is 55.1 Å². The van der Waals surface area contributed by atoms with Crippen LogP contribution < -0.4 is 11.1 Å². The Morgan fingerprint density at radius 3 is 2.65 bits per heavy atom. The molecule has 0 aromatic rings. The van der Waals surface area contributed by atoms with Crippen molar-refractivity contribution in [3.05, 3.63) is 0 Å². The van der Waals surface area contributed by atoms with Crippen molar-refractivity contribution in [1.82, 2.24) is 5.32 Å². The molecule has 1 aliphatic rings. The molecule has 3 heteroatoms. The molecule has 17 heavy (non-hydrogen) atoms. The van der Waals surface area contributed by atoms with Gasteiger partial charge < -0.3 is 11.1 Å². The molecule has 0 aromatic heterocycles. The van der Waals surface area contributed by atoms with Crippen molar-refractivity contribution >= 4 is 5.91 Å². The van der Waals surface area contributed by atoms with E-state index >= 15 is 0 Å². The van der Waals surface area contributed by atoms with E-state index in [4.69, 9.17) is 5.73 Å². The van der Waals surface area contributed by atoms with Crippen LogP contribution in [0.15, 0.2) is 0 Å². The van der Waals surface area contributed by atoms with Crippen LogP contribution in [0.2, 0.25) is 0 Å². The Labute approximate surface area is 106 Å². The monoisotopic (exact) mass is 240 g/mol. The second-order valence-electron chi connectivity index (χ2n) is 5.79. The number of rotatable bonds is 4. The lowest BCUT2D eigenvalue weighted by molar-refractivity contribution is -0.124. The lowest BCUT2D eigenvalue weighted by atomic mass is 9.78. The van der Waals surface area contributed by atoms with Gasteiger partial charge in [-0.3, -0.25) is 4.79 Å². The number of nitrogens with two attached hydrogens (primary N) is 1. The molecule has 1 amide bonds. The molecule has 100 valence electrons. The molecule has 0 radical (unpaired) electrons. The fourth-order valence-electron chi connectivity index (χ4n) is 2.58. The molecular weight excluding hydrogens is 212 g/mol. The first-order valence-electron chi connectivity index (χ1n) is 7.03. The molecule has 3 N–H and O–H groups in total. The van der Waals surface area contributed by atoms with Gasteiger partial charge in [-0.1, -0.05) is 47.0 Å². The van der Waals surface area contributed by atoms with Crippen LogP contribution >= 0.6 is 0 Å². The normalized spacial score (nSPS) is 32.9. The second-order valence-corrected chi connectivity index (χ2v) is 5.79. The van der Waals surface area contributed by atoms with E-state index < -0.39 is 0 Å². The largest absolute Gasteiger partial charge is 0.352 e. The third-order valence-electron chi connectivity index (χ3n) is 4.59. The fourth-order valence-corrected chi connectivity index (χ4v) is 2.58. The number of nitrogens with one attached hydrogen (secondary N) is 1. The zero-order chi connectivity index (χ0) is 13.0. The molecule has 1 rings (SSSR count). The molecule has 0 aliphatic heterocycles. The minimum absolute atomic E-state index is 0.0327. The van der Waals surface area contributed by atoms with E-state index in [2.05, 4.69) is 26.1 Å². The number of carbonyl (C=O) groups excluding carboxylic acids is 1. The highest BCUT2D eigenvalue weighted by atomic mass is 16.2. The summed E-state index contributed by atoms with van der Waals surface area (Å²) in [6.07, 6.45) is 4.55. The van der Waals surface area contributed by atoms with Crippen LogP contribution in [0.4, 0.5) is 0 Å². The maximum Gasteiger partial charge on any atom is 0.237 e. The second kappa shape index (κ2) is 6.39. The summed E-state index contributed by atoms with van der Waals surface area (Å²) in [7, 11) is 0. The first-order chi connectivity index (χ1) is 7.97. The van der Waals surface area contributed by atoms with Gasteiger partial charge >= 0.3 is 0 Å². The van der Waals surface area contributed by atoms with E-state index in [9.17, 15) is 4.79 Å². The average molecular weight is 240 g/mol. The molecule has 4 unspecified atom stereocenters.